The van der Waals surface area contributed by atoms with E-state index >= 15 is 0 Å². The Morgan fingerprint density at radius 3 is 2.43 bits per heavy atom. The van der Waals surface area contributed by atoms with Gasteiger partial charge in [-0.2, -0.15) is 0 Å². The molecule has 0 aliphatic heterocycles. The lowest BCUT2D eigenvalue weighted by atomic mass is 9.96. The van der Waals surface area contributed by atoms with E-state index in [0.717, 1.165) is 16.9 Å². The fourth-order valence-electron chi connectivity index (χ4n) is 1.20. The Morgan fingerprint density at radius 2 is 2.00 bits per heavy atom. The molecule has 2 heteroatoms. The first-order valence-corrected chi connectivity index (χ1v) is 4.63. The van der Waals surface area contributed by atoms with Gasteiger partial charge < -0.3 is 9.84 Å². The van der Waals surface area contributed by atoms with Crippen molar-refractivity contribution in [2.75, 3.05) is 13.7 Å². The number of aliphatic hydroxyl groups excluding tert-OH is 1. The molecule has 0 aliphatic carbocycles. The van der Waals surface area contributed by atoms with Gasteiger partial charge >= 0.3 is 0 Å². The smallest absolute Gasteiger partial charge is 0.118 e. The Hall–Kier alpha value is -1.28. The van der Waals surface area contributed by atoms with Gasteiger partial charge in [-0.15, -0.1) is 0 Å². The van der Waals surface area contributed by atoms with Crippen molar-refractivity contribution in [2.45, 2.75) is 6.92 Å². The van der Waals surface area contributed by atoms with Gasteiger partial charge in [-0.25, -0.2) is 0 Å². The fourth-order valence-corrected chi connectivity index (χ4v) is 1.20. The second-order valence-corrected chi connectivity index (χ2v) is 3.34. The molecule has 1 aromatic rings. The summed E-state index contributed by atoms with van der Waals surface area (Å²) in [7, 11) is 1.64. The Morgan fingerprint density at radius 1 is 1.43 bits per heavy atom. The monoisotopic (exact) mass is 192 g/mol. The third kappa shape index (κ3) is 2.36. The van der Waals surface area contributed by atoms with Crippen molar-refractivity contribution in [1.29, 1.82) is 0 Å². The third-order valence-electron chi connectivity index (χ3n) is 2.33. The average molecular weight is 192 g/mol. The molecule has 14 heavy (non-hydrogen) atoms. The van der Waals surface area contributed by atoms with Crippen LogP contribution in [0.1, 0.15) is 12.5 Å². The molecule has 76 valence electrons. The minimum absolute atomic E-state index is 0.100. The summed E-state index contributed by atoms with van der Waals surface area (Å²) in [6.07, 6.45) is 0. The summed E-state index contributed by atoms with van der Waals surface area (Å²) in [6, 6.07) is 7.69. The number of ether oxygens (including phenoxy) is 1. The lowest BCUT2D eigenvalue weighted by Gasteiger charge is -2.12. The highest BCUT2D eigenvalue weighted by Crippen LogP contribution is 2.22. The molecule has 1 rings (SSSR count). The minimum atomic E-state index is 0.100. The van der Waals surface area contributed by atoms with Gasteiger partial charge in [0, 0.05) is 12.5 Å². The SMILES string of the molecule is C=C(c1ccc(OC)cc1)C(C)CO. The zero-order valence-corrected chi connectivity index (χ0v) is 8.66. The first-order valence-electron chi connectivity index (χ1n) is 4.63. The predicted molar refractivity (Wildman–Crippen MR) is 58.3 cm³/mol. The highest BCUT2D eigenvalue weighted by molar-refractivity contribution is 5.65. The zero-order chi connectivity index (χ0) is 10.6. The molecule has 0 aliphatic rings. The van der Waals surface area contributed by atoms with E-state index in [4.69, 9.17) is 9.84 Å². The maximum Gasteiger partial charge on any atom is 0.118 e. The standard InChI is InChI=1S/C12H16O2/c1-9(8-13)10(2)11-4-6-12(14-3)7-5-11/h4-7,9,13H,2,8H2,1,3H3. The van der Waals surface area contributed by atoms with Crippen LogP contribution in [0.25, 0.3) is 5.57 Å². The molecule has 0 saturated carbocycles. The number of hydrogen-bond acceptors (Lipinski definition) is 2. The fraction of sp³-hybridized carbons (Fsp3) is 0.333. The normalized spacial score (nSPS) is 12.2. The molecule has 0 spiro atoms. The van der Waals surface area contributed by atoms with Crippen molar-refractivity contribution in [2.24, 2.45) is 5.92 Å². The van der Waals surface area contributed by atoms with E-state index in [1.165, 1.54) is 0 Å². The summed E-state index contributed by atoms with van der Waals surface area (Å²) in [6.45, 7) is 6.03. The minimum Gasteiger partial charge on any atom is -0.497 e. The van der Waals surface area contributed by atoms with Crippen LogP contribution in [0.3, 0.4) is 0 Å². The lowest BCUT2D eigenvalue weighted by Crippen LogP contribution is -2.02. The summed E-state index contributed by atoms with van der Waals surface area (Å²) >= 11 is 0. The predicted octanol–water partition coefficient (Wildman–Crippen LogP) is 2.34. The van der Waals surface area contributed by atoms with E-state index in [0.29, 0.717) is 0 Å². The van der Waals surface area contributed by atoms with Gasteiger partial charge in [0.2, 0.25) is 0 Å². The van der Waals surface area contributed by atoms with Gasteiger partial charge in [-0.1, -0.05) is 25.6 Å². The van der Waals surface area contributed by atoms with Crippen LogP contribution in [-0.4, -0.2) is 18.8 Å². The van der Waals surface area contributed by atoms with Crippen LogP contribution in [-0.2, 0) is 0 Å². The van der Waals surface area contributed by atoms with Crippen LogP contribution < -0.4 is 4.74 Å². The van der Waals surface area contributed by atoms with Crippen LogP contribution >= 0.6 is 0 Å². The highest BCUT2D eigenvalue weighted by Gasteiger charge is 2.07. The molecule has 0 bridgehead atoms. The molecule has 0 heterocycles. The molecule has 1 aromatic carbocycles. The molecule has 0 amide bonds. The third-order valence-corrected chi connectivity index (χ3v) is 2.33. The Bertz CT molecular complexity index is 301. The van der Waals surface area contributed by atoms with E-state index in [2.05, 4.69) is 6.58 Å². The summed E-state index contributed by atoms with van der Waals surface area (Å²) in [4.78, 5) is 0. The first kappa shape index (κ1) is 10.8. The van der Waals surface area contributed by atoms with Crippen molar-refractivity contribution in [3.05, 3.63) is 36.4 Å². The molecule has 0 fully saturated rings. The Kier molecular flexibility index (Phi) is 3.72. The maximum absolute atomic E-state index is 8.98. The summed E-state index contributed by atoms with van der Waals surface area (Å²) in [5.41, 5.74) is 2.00. The average Bonchev–Trinajstić information content (AvgIpc) is 2.27. The van der Waals surface area contributed by atoms with Gasteiger partial charge in [0.1, 0.15) is 5.75 Å². The number of methoxy groups -OCH3 is 1. The van der Waals surface area contributed by atoms with E-state index in [9.17, 15) is 0 Å². The molecule has 1 atom stereocenters. The summed E-state index contributed by atoms with van der Waals surface area (Å²) < 4.78 is 5.06. The summed E-state index contributed by atoms with van der Waals surface area (Å²) in [5.74, 6) is 0.932. The molecule has 0 radical (unpaired) electrons. The molecule has 1 unspecified atom stereocenters. The van der Waals surface area contributed by atoms with Crippen LogP contribution in [0.4, 0.5) is 0 Å². The van der Waals surface area contributed by atoms with Gasteiger partial charge in [0.25, 0.3) is 0 Å². The first-order chi connectivity index (χ1) is 6.69. The zero-order valence-electron chi connectivity index (χ0n) is 8.66. The topological polar surface area (TPSA) is 29.5 Å². The van der Waals surface area contributed by atoms with Gasteiger partial charge in [-0.3, -0.25) is 0 Å². The molecule has 0 saturated heterocycles. The van der Waals surface area contributed by atoms with Crippen LogP contribution in [0, 0.1) is 5.92 Å². The molecular weight excluding hydrogens is 176 g/mol. The van der Waals surface area contributed by atoms with E-state index in [1.54, 1.807) is 7.11 Å². The van der Waals surface area contributed by atoms with E-state index in [1.807, 2.05) is 31.2 Å². The number of aliphatic hydroxyl groups is 1. The quantitative estimate of drug-likeness (QED) is 0.793. The highest BCUT2D eigenvalue weighted by atomic mass is 16.5. The molecular formula is C12H16O2. The van der Waals surface area contributed by atoms with Crippen molar-refractivity contribution < 1.29 is 9.84 Å². The second-order valence-electron chi connectivity index (χ2n) is 3.34. The Balaban J connectivity index is 2.81. The molecule has 0 aromatic heterocycles. The number of benzene rings is 1. The molecule has 2 nitrogen and oxygen atoms in total. The number of hydrogen-bond donors (Lipinski definition) is 1. The van der Waals surface area contributed by atoms with Crippen molar-refractivity contribution in [1.82, 2.24) is 0 Å². The van der Waals surface area contributed by atoms with Crippen LogP contribution in [0.2, 0.25) is 0 Å². The Labute approximate surface area is 84.8 Å². The maximum atomic E-state index is 8.98. The van der Waals surface area contributed by atoms with Crippen molar-refractivity contribution in [3.63, 3.8) is 0 Å². The van der Waals surface area contributed by atoms with Crippen LogP contribution in [0.5, 0.6) is 5.75 Å². The van der Waals surface area contributed by atoms with E-state index < -0.39 is 0 Å². The van der Waals surface area contributed by atoms with Gasteiger partial charge in [0.05, 0.1) is 7.11 Å². The second kappa shape index (κ2) is 4.82. The van der Waals surface area contributed by atoms with Crippen molar-refractivity contribution in [3.8, 4) is 5.75 Å². The van der Waals surface area contributed by atoms with E-state index in [-0.39, 0.29) is 12.5 Å². The van der Waals surface area contributed by atoms with Gasteiger partial charge in [-0.05, 0) is 23.3 Å². The lowest BCUT2D eigenvalue weighted by molar-refractivity contribution is 0.266. The van der Waals surface area contributed by atoms with Gasteiger partial charge in [0.15, 0.2) is 0 Å². The largest absolute Gasteiger partial charge is 0.497 e. The molecule has 1 N–H and O–H groups in total. The van der Waals surface area contributed by atoms with Crippen molar-refractivity contribution >= 4 is 5.57 Å². The summed E-state index contributed by atoms with van der Waals surface area (Å²) in [5, 5.41) is 8.98. The van der Waals surface area contributed by atoms with Crippen LogP contribution in [0.15, 0.2) is 30.8 Å². The number of rotatable bonds is 4.